The summed E-state index contributed by atoms with van der Waals surface area (Å²) in [5.41, 5.74) is 0. The number of carbonyl (C=O) groups is 1. The fraction of sp³-hybridized carbons (Fsp3) is 0.917. The molecule has 0 radical (unpaired) electrons. The van der Waals surface area contributed by atoms with Gasteiger partial charge in [0, 0.05) is 13.0 Å². The molecule has 1 fully saturated rings. The summed E-state index contributed by atoms with van der Waals surface area (Å²) in [6.07, 6.45) is 3.94. The van der Waals surface area contributed by atoms with E-state index in [0.717, 1.165) is 32.0 Å². The van der Waals surface area contributed by atoms with Gasteiger partial charge in [0.1, 0.15) is 0 Å². The Morgan fingerprint density at radius 1 is 1.53 bits per heavy atom. The summed E-state index contributed by atoms with van der Waals surface area (Å²) in [5, 5.41) is 8.69. The number of rotatable bonds is 6. The number of carboxylic acids is 1. The van der Waals surface area contributed by atoms with Crippen molar-refractivity contribution in [2.45, 2.75) is 39.5 Å². The van der Waals surface area contributed by atoms with Crippen LogP contribution in [0.15, 0.2) is 0 Å². The first-order valence-electron chi connectivity index (χ1n) is 6.02. The maximum absolute atomic E-state index is 10.5. The van der Waals surface area contributed by atoms with E-state index in [9.17, 15) is 4.79 Å². The van der Waals surface area contributed by atoms with Crippen LogP contribution in [-0.4, -0.2) is 35.6 Å². The molecule has 15 heavy (non-hydrogen) atoms. The van der Waals surface area contributed by atoms with Crippen LogP contribution in [0.2, 0.25) is 0 Å². The van der Waals surface area contributed by atoms with E-state index in [4.69, 9.17) is 5.11 Å². The van der Waals surface area contributed by atoms with Crippen LogP contribution in [0.5, 0.6) is 0 Å². The lowest BCUT2D eigenvalue weighted by atomic mass is 10.1. The Kier molecular flexibility index (Phi) is 5.09. The minimum absolute atomic E-state index is 0.348. The fourth-order valence-corrected chi connectivity index (χ4v) is 2.25. The van der Waals surface area contributed by atoms with E-state index in [2.05, 4.69) is 18.7 Å². The van der Waals surface area contributed by atoms with Gasteiger partial charge in [-0.3, -0.25) is 4.79 Å². The summed E-state index contributed by atoms with van der Waals surface area (Å²) in [4.78, 5) is 13.0. The van der Waals surface area contributed by atoms with Crippen LogP contribution in [0.4, 0.5) is 0 Å². The molecule has 1 rings (SSSR count). The Labute approximate surface area is 92.5 Å². The molecule has 1 heterocycles. The largest absolute Gasteiger partial charge is 0.481 e. The van der Waals surface area contributed by atoms with E-state index in [0.29, 0.717) is 12.3 Å². The molecule has 0 aliphatic carbocycles. The monoisotopic (exact) mass is 213 g/mol. The lowest BCUT2D eigenvalue weighted by Crippen LogP contribution is -2.22. The second-order valence-electron chi connectivity index (χ2n) is 5.09. The van der Waals surface area contributed by atoms with Gasteiger partial charge in [-0.1, -0.05) is 13.8 Å². The number of hydrogen-bond donors (Lipinski definition) is 1. The normalized spacial score (nSPS) is 22.5. The first-order valence-corrected chi connectivity index (χ1v) is 6.02. The first-order chi connectivity index (χ1) is 7.08. The van der Waals surface area contributed by atoms with Gasteiger partial charge in [0.25, 0.3) is 0 Å². The lowest BCUT2D eigenvalue weighted by Gasteiger charge is -2.16. The van der Waals surface area contributed by atoms with Crippen LogP contribution in [0.3, 0.4) is 0 Å². The van der Waals surface area contributed by atoms with E-state index in [1.165, 1.54) is 12.8 Å². The van der Waals surface area contributed by atoms with Crippen LogP contribution >= 0.6 is 0 Å². The minimum atomic E-state index is -0.649. The van der Waals surface area contributed by atoms with Gasteiger partial charge in [0.05, 0.1) is 0 Å². The molecule has 1 aliphatic heterocycles. The van der Waals surface area contributed by atoms with E-state index in [1.54, 1.807) is 0 Å². The molecule has 1 unspecified atom stereocenters. The van der Waals surface area contributed by atoms with Crippen LogP contribution in [0, 0.1) is 11.8 Å². The van der Waals surface area contributed by atoms with Gasteiger partial charge < -0.3 is 10.0 Å². The quantitative estimate of drug-likeness (QED) is 0.735. The van der Waals surface area contributed by atoms with Crippen molar-refractivity contribution in [3.05, 3.63) is 0 Å². The molecule has 0 saturated carbocycles. The molecule has 0 aromatic carbocycles. The molecule has 1 atom stereocenters. The zero-order valence-corrected chi connectivity index (χ0v) is 9.91. The number of nitrogens with zero attached hydrogens (tertiary/aromatic N) is 1. The predicted molar refractivity (Wildman–Crippen MR) is 60.9 cm³/mol. The SMILES string of the molecule is CC(C)CCCN1CCC(CC(=O)O)C1. The average molecular weight is 213 g/mol. The Morgan fingerprint density at radius 2 is 2.27 bits per heavy atom. The van der Waals surface area contributed by atoms with E-state index < -0.39 is 5.97 Å². The molecule has 1 saturated heterocycles. The molecule has 0 amide bonds. The summed E-state index contributed by atoms with van der Waals surface area (Å²) >= 11 is 0. The highest BCUT2D eigenvalue weighted by atomic mass is 16.4. The maximum atomic E-state index is 10.5. The van der Waals surface area contributed by atoms with Gasteiger partial charge in [-0.05, 0) is 44.2 Å². The van der Waals surface area contributed by atoms with Crippen molar-refractivity contribution >= 4 is 5.97 Å². The molecular weight excluding hydrogens is 190 g/mol. The van der Waals surface area contributed by atoms with Crippen molar-refractivity contribution in [1.29, 1.82) is 0 Å². The second-order valence-corrected chi connectivity index (χ2v) is 5.09. The molecule has 3 nitrogen and oxygen atoms in total. The Balaban J connectivity index is 2.11. The number of hydrogen-bond acceptors (Lipinski definition) is 2. The van der Waals surface area contributed by atoms with E-state index >= 15 is 0 Å². The second kappa shape index (κ2) is 6.11. The van der Waals surface area contributed by atoms with Gasteiger partial charge in [-0.15, -0.1) is 0 Å². The number of carboxylic acid groups (broad SMARTS) is 1. The summed E-state index contributed by atoms with van der Waals surface area (Å²) in [7, 11) is 0. The number of aliphatic carboxylic acids is 1. The van der Waals surface area contributed by atoms with Crippen LogP contribution in [0.25, 0.3) is 0 Å². The molecule has 1 N–H and O–H groups in total. The molecule has 0 aromatic heterocycles. The van der Waals surface area contributed by atoms with E-state index in [1.807, 2.05) is 0 Å². The molecule has 1 aliphatic rings. The topological polar surface area (TPSA) is 40.5 Å². The minimum Gasteiger partial charge on any atom is -0.481 e. The molecule has 0 aromatic rings. The van der Waals surface area contributed by atoms with Gasteiger partial charge in [-0.25, -0.2) is 0 Å². The Hall–Kier alpha value is -0.570. The van der Waals surface area contributed by atoms with Crippen molar-refractivity contribution in [3.63, 3.8) is 0 Å². The zero-order valence-electron chi connectivity index (χ0n) is 9.91. The third-order valence-corrected chi connectivity index (χ3v) is 3.09. The Bertz CT molecular complexity index is 204. The van der Waals surface area contributed by atoms with Crippen molar-refractivity contribution in [1.82, 2.24) is 4.90 Å². The van der Waals surface area contributed by atoms with Crippen molar-refractivity contribution in [3.8, 4) is 0 Å². The van der Waals surface area contributed by atoms with E-state index in [-0.39, 0.29) is 0 Å². The molecule has 0 bridgehead atoms. The van der Waals surface area contributed by atoms with Gasteiger partial charge in [0.15, 0.2) is 0 Å². The van der Waals surface area contributed by atoms with Crippen molar-refractivity contribution < 1.29 is 9.90 Å². The van der Waals surface area contributed by atoms with Gasteiger partial charge in [0.2, 0.25) is 0 Å². The highest BCUT2D eigenvalue weighted by Gasteiger charge is 2.23. The third-order valence-electron chi connectivity index (χ3n) is 3.09. The lowest BCUT2D eigenvalue weighted by molar-refractivity contribution is -0.138. The third kappa shape index (κ3) is 5.17. The Morgan fingerprint density at radius 3 is 2.87 bits per heavy atom. The van der Waals surface area contributed by atoms with Crippen LogP contribution in [0.1, 0.15) is 39.5 Å². The molecule has 88 valence electrons. The van der Waals surface area contributed by atoms with Gasteiger partial charge in [-0.2, -0.15) is 0 Å². The molecule has 0 spiro atoms. The standard InChI is InChI=1S/C12H23NO2/c1-10(2)4-3-6-13-7-5-11(9-13)8-12(14)15/h10-11H,3-9H2,1-2H3,(H,14,15). The smallest absolute Gasteiger partial charge is 0.303 e. The molecular formula is C12H23NO2. The summed E-state index contributed by atoms with van der Waals surface area (Å²) in [5.74, 6) is 0.521. The first kappa shape index (κ1) is 12.5. The van der Waals surface area contributed by atoms with Crippen LogP contribution in [-0.2, 0) is 4.79 Å². The summed E-state index contributed by atoms with van der Waals surface area (Å²) in [6.45, 7) is 7.73. The molecule has 3 heteroatoms. The zero-order chi connectivity index (χ0) is 11.3. The highest BCUT2D eigenvalue weighted by Crippen LogP contribution is 2.20. The number of likely N-dealkylation sites (tertiary alicyclic amines) is 1. The summed E-state index contributed by atoms with van der Waals surface area (Å²) in [6, 6.07) is 0. The maximum Gasteiger partial charge on any atom is 0.303 e. The summed E-state index contributed by atoms with van der Waals surface area (Å²) < 4.78 is 0. The van der Waals surface area contributed by atoms with Crippen molar-refractivity contribution in [2.24, 2.45) is 11.8 Å². The van der Waals surface area contributed by atoms with Gasteiger partial charge >= 0.3 is 5.97 Å². The fourth-order valence-electron chi connectivity index (χ4n) is 2.25. The predicted octanol–water partition coefficient (Wildman–Crippen LogP) is 2.22. The average Bonchev–Trinajstić information content (AvgIpc) is 2.50. The highest BCUT2D eigenvalue weighted by molar-refractivity contribution is 5.67. The van der Waals surface area contributed by atoms with Crippen molar-refractivity contribution in [2.75, 3.05) is 19.6 Å². The van der Waals surface area contributed by atoms with Crippen LogP contribution < -0.4 is 0 Å².